The van der Waals surface area contributed by atoms with Crippen molar-refractivity contribution >= 4 is 27.5 Å². The summed E-state index contributed by atoms with van der Waals surface area (Å²) < 4.78 is 1.06. The third-order valence-electron chi connectivity index (χ3n) is 2.53. The van der Waals surface area contributed by atoms with Crippen LogP contribution < -0.4 is 10.6 Å². The largest absolute Gasteiger partial charge is 0.315 e. The third-order valence-corrected chi connectivity index (χ3v) is 3.51. The molecular formula is C13H20BrClN2. The fourth-order valence-electron chi connectivity index (χ4n) is 1.52. The Morgan fingerprint density at radius 2 is 2.18 bits per heavy atom. The minimum Gasteiger partial charge on any atom is -0.315 e. The highest BCUT2D eigenvalue weighted by Gasteiger charge is 2.04. The van der Waals surface area contributed by atoms with Crippen LogP contribution in [0, 0.1) is 0 Å². The van der Waals surface area contributed by atoms with E-state index in [1.165, 1.54) is 12.0 Å². The molecule has 0 heterocycles. The van der Waals surface area contributed by atoms with E-state index in [1.807, 2.05) is 18.2 Å². The second-order valence-corrected chi connectivity index (χ2v) is 5.51. The van der Waals surface area contributed by atoms with Gasteiger partial charge in [-0.15, -0.1) is 0 Å². The van der Waals surface area contributed by atoms with Gasteiger partial charge in [-0.2, -0.15) is 0 Å². The predicted octanol–water partition coefficient (Wildman–Crippen LogP) is 3.58. The summed E-state index contributed by atoms with van der Waals surface area (Å²) in [6, 6.07) is 6.36. The second-order valence-electron chi connectivity index (χ2n) is 4.22. The summed E-state index contributed by atoms with van der Waals surface area (Å²) in [6.45, 7) is 7.30. The van der Waals surface area contributed by atoms with E-state index < -0.39 is 0 Å². The Bertz CT molecular complexity index is 344. The van der Waals surface area contributed by atoms with Crippen molar-refractivity contribution in [1.82, 2.24) is 10.6 Å². The molecule has 17 heavy (non-hydrogen) atoms. The topological polar surface area (TPSA) is 24.1 Å². The average Bonchev–Trinajstić information content (AvgIpc) is 2.28. The van der Waals surface area contributed by atoms with Crippen molar-refractivity contribution in [2.45, 2.75) is 32.9 Å². The number of hydrogen-bond acceptors (Lipinski definition) is 2. The first kappa shape index (κ1) is 15.0. The molecule has 0 amide bonds. The van der Waals surface area contributed by atoms with Crippen molar-refractivity contribution in [1.29, 1.82) is 0 Å². The maximum Gasteiger partial charge on any atom is 0.0417 e. The van der Waals surface area contributed by atoms with Crippen LogP contribution in [0.25, 0.3) is 0 Å². The summed E-state index contributed by atoms with van der Waals surface area (Å²) >= 11 is 9.42. The highest BCUT2D eigenvalue weighted by atomic mass is 79.9. The third kappa shape index (κ3) is 5.87. The standard InChI is InChI=1S/C13H20BrClN2/c1-3-6-16-8-10(2)17-9-11-4-5-12(15)7-13(11)14/h4-5,7,10,16-17H,3,6,8-9H2,1-2H3. The Kier molecular flexibility index (Phi) is 7.12. The number of nitrogens with one attached hydrogen (secondary N) is 2. The normalized spacial score (nSPS) is 12.7. The molecule has 0 spiro atoms. The van der Waals surface area contributed by atoms with Crippen molar-refractivity contribution in [2.24, 2.45) is 0 Å². The molecule has 0 aliphatic heterocycles. The lowest BCUT2D eigenvalue weighted by atomic mass is 10.2. The van der Waals surface area contributed by atoms with Gasteiger partial charge in [-0.3, -0.25) is 0 Å². The number of hydrogen-bond donors (Lipinski definition) is 2. The molecule has 1 rings (SSSR count). The zero-order valence-corrected chi connectivity index (χ0v) is 12.7. The van der Waals surface area contributed by atoms with E-state index in [0.717, 1.165) is 29.1 Å². The van der Waals surface area contributed by atoms with E-state index in [0.29, 0.717) is 6.04 Å². The summed E-state index contributed by atoms with van der Waals surface area (Å²) in [5.74, 6) is 0. The van der Waals surface area contributed by atoms with Gasteiger partial charge < -0.3 is 10.6 Å². The lowest BCUT2D eigenvalue weighted by molar-refractivity contribution is 0.501. The lowest BCUT2D eigenvalue weighted by Crippen LogP contribution is -2.36. The van der Waals surface area contributed by atoms with Gasteiger partial charge in [-0.25, -0.2) is 0 Å². The number of rotatable bonds is 7. The minimum atomic E-state index is 0.462. The Balaban J connectivity index is 2.34. The molecule has 0 radical (unpaired) electrons. The fraction of sp³-hybridized carbons (Fsp3) is 0.538. The zero-order valence-electron chi connectivity index (χ0n) is 10.4. The first-order valence-electron chi connectivity index (χ1n) is 6.01. The van der Waals surface area contributed by atoms with Crippen LogP contribution in [0.2, 0.25) is 5.02 Å². The molecule has 4 heteroatoms. The molecular weight excluding hydrogens is 300 g/mol. The van der Waals surface area contributed by atoms with Crippen molar-refractivity contribution in [3.05, 3.63) is 33.3 Å². The number of benzene rings is 1. The van der Waals surface area contributed by atoms with E-state index >= 15 is 0 Å². The van der Waals surface area contributed by atoms with Crippen molar-refractivity contribution in [2.75, 3.05) is 13.1 Å². The Morgan fingerprint density at radius 1 is 1.41 bits per heavy atom. The van der Waals surface area contributed by atoms with Crippen LogP contribution >= 0.6 is 27.5 Å². The van der Waals surface area contributed by atoms with Gasteiger partial charge in [-0.05, 0) is 37.6 Å². The Labute approximate surface area is 117 Å². The van der Waals surface area contributed by atoms with Crippen molar-refractivity contribution in [3.8, 4) is 0 Å². The quantitative estimate of drug-likeness (QED) is 0.751. The highest BCUT2D eigenvalue weighted by Crippen LogP contribution is 2.21. The smallest absolute Gasteiger partial charge is 0.0417 e. The van der Waals surface area contributed by atoms with E-state index in [1.54, 1.807) is 0 Å². The van der Waals surface area contributed by atoms with Gasteiger partial charge in [0.05, 0.1) is 0 Å². The summed E-state index contributed by atoms with van der Waals surface area (Å²) in [4.78, 5) is 0. The first-order valence-corrected chi connectivity index (χ1v) is 7.18. The zero-order chi connectivity index (χ0) is 12.7. The van der Waals surface area contributed by atoms with Gasteiger partial charge in [0.2, 0.25) is 0 Å². The molecule has 0 saturated carbocycles. The highest BCUT2D eigenvalue weighted by molar-refractivity contribution is 9.10. The first-order chi connectivity index (χ1) is 8.13. The minimum absolute atomic E-state index is 0.462. The van der Waals surface area contributed by atoms with Crippen LogP contribution in [0.5, 0.6) is 0 Å². The Hall–Kier alpha value is -0.0900. The van der Waals surface area contributed by atoms with E-state index in [-0.39, 0.29) is 0 Å². The summed E-state index contributed by atoms with van der Waals surface area (Å²) in [6.07, 6.45) is 1.18. The maximum atomic E-state index is 5.90. The van der Waals surface area contributed by atoms with Gasteiger partial charge in [-0.1, -0.05) is 40.5 Å². The van der Waals surface area contributed by atoms with Crippen LogP contribution in [0.4, 0.5) is 0 Å². The molecule has 96 valence electrons. The molecule has 0 fully saturated rings. The van der Waals surface area contributed by atoms with Gasteiger partial charge in [0.1, 0.15) is 0 Å². The van der Waals surface area contributed by atoms with Crippen LogP contribution in [-0.4, -0.2) is 19.1 Å². The molecule has 1 aromatic carbocycles. The molecule has 1 unspecified atom stereocenters. The molecule has 1 aromatic rings. The van der Waals surface area contributed by atoms with Crippen molar-refractivity contribution < 1.29 is 0 Å². The van der Waals surface area contributed by atoms with Crippen LogP contribution in [0.1, 0.15) is 25.8 Å². The summed E-state index contributed by atoms with van der Waals surface area (Å²) in [7, 11) is 0. The van der Waals surface area contributed by atoms with Gasteiger partial charge in [0.25, 0.3) is 0 Å². The molecule has 0 aliphatic carbocycles. The monoisotopic (exact) mass is 318 g/mol. The SMILES string of the molecule is CCCNCC(C)NCc1ccc(Cl)cc1Br. The fourth-order valence-corrected chi connectivity index (χ4v) is 2.34. The van der Waals surface area contributed by atoms with Crippen LogP contribution in [0.15, 0.2) is 22.7 Å². The average molecular weight is 320 g/mol. The summed E-state index contributed by atoms with van der Waals surface area (Å²) in [5.41, 5.74) is 1.23. The maximum absolute atomic E-state index is 5.90. The van der Waals surface area contributed by atoms with Crippen LogP contribution in [0.3, 0.4) is 0 Å². The van der Waals surface area contributed by atoms with Crippen molar-refractivity contribution in [3.63, 3.8) is 0 Å². The molecule has 0 aromatic heterocycles. The van der Waals surface area contributed by atoms with E-state index in [9.17, 15) is 0 Å². The summed E-state index contributed by atoms with van der Waals surface area (Å²) in [5, 5.41) is 7.64. The molecule has 0 saturated heterocycles. The molecule has 1 atom stereocenters. The van der Waals surface area contributed by atoms with E-state index in [2.05, 4.69) is 40.4 Å². The van der Waals surface area contributed by atoms with Gasteiger partial charge in [0, 0.05) is 28.6 Å². The van der Waals surface area contributed by atoms with Gasteiger partial charge >= 0.3 is 0 Å². The Morgan fingerprint density at radius 3 is 2.82 bits per heavy atom. The molecule has 0 bridgehead atoms. The van der Waals surface area contributed by atoms with Gasteiger partial charge in [0.15, 0.2) is 0 Å². The molecule has 2 N–H and O–H groups in total. The van der Waals surface area contributed by atoms with E-state index in [4.69, 9.17) is 11.6 Å². The second kappa shape index (κ2) is 8.09. The predicted molar refractivity (Wildman–Crippen MR) is 78.6 cm³/mol. The van der Waals surface area contributed by atoms with Crippen LogP contribution in [-0.2, 0) is 6.54 Å². The molecule has 0 aliphatic rings. The molecule has 2 nitrogen and oxygen atoms in total. The number of halogens is 2. The lowest BCUT2D eigenvalue weighted by Gasteiger charge is -2.15.